The summed E-state index contributed by atoms with van der Waals surface area (Å²) >= 11 is 0. The van der Waals surface area contributed by atoms with E-state index in [1.54, 1.807) is 33.9 Å². The van der Waals surface area contributed by atoms with E-state index in [1.165, 1.54) is 0 Å². The maximum absolute atomic E-state index is 14.6. The molecule has 4 rings (SSSR count). The number of nitrogens with zero attached hydrogens (tertiary/aromatic N) is 3. The van der Waals surface area contributed by atoms with Crippen molar-refractivity contribution in [1.82, 2.24) is 14.7 Å². The van der Waals surface area contributed by atoms with Crippen LogP contribution in [0.4, 0.5) is 0 Å². The largest absolute Gasteiger partial charge is 0.394 e. The van der Waals surface area contributed by atoms with Gasteiger partial charge in [-0.2, -0.15) is 0 Å². The molecular formula is C31H43N3O5. The summed E-state index contributed by atoms with van der Waals surface area (Å²) in [5.41, 5.74) is -1.23. The Morgan fingerprint density at radius 1 is 1.15 bits per heavy atom. The predicted molar refractivity (Wildman–Crippen MR) is 149 cm³/mol. The maximum Gasteiger partial charge on any atom is 0.248 e. The second-order valence-electron chi connectivity index (χ2n) is 11.1. The van der Waals surface area contributed by atoms with Gasteiger partial charge in [-0.05, 0) is 31.2 Å². The number of likely N-dealkylation sites (tertiary alicyclic amines) is 1. The molecule has 2 bridgehead atoms. The first kappa shape index (κ1) is 29.0. The first-order valence-corrected chi connectivity index (χ1v) is 14.2. The fraction of sp³-hybridized carbons (Fsp3) is 0.581. The van der Waals surface area contributed by atoms with E-state index in [1.807, 2.05) is 37.3 Å². The third-order valence-corrected chi connectivity index (χ3v) is 9.03. The second-order valence-corrected chi connectivity index (χ2v) is 11.1. The standard InChI is InChI=1S/C31H43N3O5/c1-6-10-20-33(19-8-3)29(38)26-31-17-16-30(9-4,39-31)24(27(36)32(5)18-7-2)25(31)28(37)34(26)23(21-35)22-14-12-11-13-15-22/h7-8,11-15,23-26,35H,2-3,6,9-10,16-21H2,1,4-5H3/t23-,24+,25+,26?,30-,31?/m1/s1. The summed E-state index contributed by atoms with van der Waals surface area (Å²) in [6, 6.07) is 7.58. The molecule has 0 saturated carbocycles. The molecule has 3 saturated heterocycles. The predicted octanol–water partition coefficient (Wildman–Crippen LogP) is 3.33. The zero-order chi connectivity index (χ0) is 28.4. The van der Waals surface area contributed by atoms with Crippen LogP contribution in [0.15, 0.2) is 55.6 Å². The Labute approximate surface area is 232 Å². The van der Waals surface area contributed by atoms with Gasteiger partial charge < -0.3 is 24.5 Å². The van der Waals surface area contributed by atoms with Crippen molar-refractivity contribution in [2.75, 3.05) is 33.3 Å². The highest BCUT2D eigenvalue weighted by atomic mass is 16.5. The zero-order valence-corrected chi connectivity index (χ0v) is 23.6. The van der Waals surface area contributed by atoms with Crippen LogP contribution in [-0.2, 0) is 19.1 Å². The van der Waals surface area contributed by atoms with E-state index >= 15 is 0 Å². The molecule has 0 aliphatic carbocycles. The number of hydrogen-bond donors (Lipinski definition) is 1. The molecule has 3 amide bonds. The summed E-state index contributed by atoms with van der Waals surface area (Å²) in [4.78, 5) is 47.8. The third-order valence-electron chi connectivity index (χ3n) is 9.03. The van der Waals surface area contributed by atoms with Gasteiger partial charge in [-0.1, -0.05) is 62.8 Å². The Balaban J connectivity index is 1.87. The summed E-state index contributed by atoms with van der Waals surface area (Å²) in [5, 5.41) is 10.6. The molecule has 3 aliphatic heterocycles. The van der Waals surface area contributed by atoms with Crippen LogP contribution >= 0.6 is 0 Å². The van der Waals surface area contributed by atoms with Crippen molar-refractivity contribution in [3.8, 4) is 0 Å². The molecule has 212 valence electrons. The third kappa shape index (κ3) is 4.61. The summed E-state index contributed by atoms with van der Waals surface area (Å²) in [5.74, 6) is -2.21. The molecule has 1 aromatic rings. The molecule has 8 heteroatoms. The molecule has 2 unspecified atom stereocenters. The number of carbonyl (C=O) groups excluding carboxylic acids is 3. The molecule has 8 nitrogen and oxygen atoms in total. The SMILES string of the molecule is C=CCN(C)C(=O)[C@@H]1[C@H]2C(=O)N([C@H](CO)c3ccccc3)C(C(=O)N(CC=C)CCCC)C23CC[C@@]1(CC)O3. The van der Waals surface area contributed by atoms with E-state index < -0.39 is 35.1 Å². The highest BCUT2D eigenvalue weighted by molar-refractivity contribution is 5.99. The van der Waals surface area contributed by atoms with Crippen molar-refractivity contribution in [2.45, 2.75) is 69.2 Å². The topological polar surface area (TPSA) is 90.4 Å². The number of unbranched alkanes of at least 4 members (excludes halogenated alkanes) is 1. The normalized spacial score (nSPS) is 29.7. The molecule has 0 radical (unpaired) electrons. The van der Waals surface area contributed by atoms with Crippen molar-refractivity contribution in [3.05, 3.63) is 61.2 Å². The zero-order valence-electron chi connectivity index (χ0n) is 23.6. The lowest BCUT2D eigenvalue weighted by Crippen LogP contribution is -2.57. The van der Waals surface area contributed by atoms with Gasteiger partial charge in [-0.3, -0.25) is 14.4 Å². The lowest BCUT2D eigenvalue weighted by Gasteiger charge is -2.39. The number of hydrogen-bond acceptors (Lipinski definition) is 5. The average molecular weight is 538 g/mol. The number of rotatable bonds is 13. The van der Waals surface area contributed by atoms with Crippen molar-refractivity contribution in [1.29, 1.82) is 0 Å². The Kier molecular flexibility index (Phi) is 8.66. The van der Waals surface area contributed by atoms with Crippen LogP contribution in [-0.4, -0.2) is 88.1 Å². The summed E-state index contributed by atoms with van der Waals surface area (Å²) in [7, 11) is 1.71. The summed E-state index contributed by atoms with van der Waals surface area (Å²) in [6.45, 7) is 12.5. The van der Waals surface area contributed by atoms with Crippen LogP contribution < -0.4 is 0 Å². The van der Waals surface area contributed by atoms with Crippen molar-refractivity contribution < 1.29 is 24.2 Å². The van der Waals surface area contributed by atoms with Gasteiger partial charge in [0.1, 0.15) is 11.6 Å². The van der Waals surface area contributed by atoms with Gasteiger partial charge in [0.2, 0.25) is 17.7 Å². The smallest absolute Gasteiger partial charge is 0.248 e. The summed E-state index contributed by atoms with van der Waals surface area (Å²) < 4.78 is 6.89. The van der Waals surface area contributed by atoms with Crippen LogP contribution in [0.1, 0.15) is 57.6 Å². The number of carbonyl (C=O) groups is 3. The first-order valence-electron chi connectivity index (χ1n) is 14.2. The van der Waals surface area contributed by atoms with E-state index in [9.17, 15) is 19.5 Å². The number of aliphatic hydroxyl groups is 1. The van der Waals surface area contributed by atoms with Crippen molar-refractivity contribution in [2.24, 2.45) is 11.8 Å². The minimum atomic E-state index is -1.15. The van der Waals surface area contributed by atoms with E-state index in [0.717, 1.165) is 18.4 Å². The van der Waals surface area contributed by atoms with Gasteiger partial charge in [0.05, 0.1) is 30.1 Å². The van der Waals surface area contributed by atoms with E-state index in [-0.39, 0.29) is 24.3 Å². The molecular weight excluding hydrogens is 494 g/mol. The molecule has 0 aromatic heterocycles. The fourth-order valence-electron chi connectivity index (χ4n) is 7.17. The Bertz CT molecular complexity index is 1090. The molecule has 6 atom stereocenters. The van der Waals surface area contributed by atoms with Gasteiger partial charge >= 0.3 is 0 Å². The molecule has 1 aromatic carbocycles. The highest BCUT2D eigenvalue weighted by Gasteiger charge is 2.79. The molecule has 1 N–H and O–H groups in total. The quantitative estimate of drug-likeness (QED) is 0.390. The minimum Gasteiger partial charge on any atom is -0.394 e. The van der Waals surface area contributed by atoms with Crippen molar-refractivity contribution >= 4 is 17.7 Å². The number of likely N-dealkylation sites (N-methyl/N-ethyl adjacent to an activating group) is 1. The Morgan fingerprint density at radius 2 is 1.85 bits per heavy atom. The lowest BCUT2D eigenvalue weighted by molar-refractivity contribution is -0.157. The van der Waals surface area contributed by atoms with Gasteiger partial charge in [0.25, 0.3) is 0 Å². The van der Waals surface area contributed by atoms with E-state index in [4.69, 9.17) is 4.74 Å². The Hall–Kier alpha value is -2.97. The second kappa shape index (κ2) is 11.6. The average Bonchev–Trinajstić information content (AvgIpc) is 3.55. The highest BCUT2D eigenvalue weighted by Crippen LogP contribution is 2.65. The van der Waals surface area contributed by atoms with Gasteiger partial charge in [0, 0.05) is 26.7 Å². The van der Waals surface area contributed by atoms with Crippen LogP contribution in [0.25, 0.3) is 0 Å². The number of fused-ring (bicyclic) bond motifs is 1. The van der Waals surface area contributed by atoms with Gasteiger partial charge in [-0.25, -0.2) is 0 Å². The van der Waals surface area contributed by atoms with Crippen LogP contribution in [0.2, 0.25) is 0 Å². The molecule has 3 aliphatic rings. The maximum atomic E-state index is 14.6. The van der Waals surface area contributed by atoms with E-state index in [0.29, 0.717) is 38.9 Å². The van der Waals surface area contributed by atoms with Crippen LogP contribution in [0.5, 0.6) is 0 Å². The van der Waals surface area contributed by atoms with Gasteiger partial charge in [0.15, 0.2) is 0 Å². The minimum absolute atomic E-state index is 0.168. The Morgan fingerprint density at radius 3 is 2.44 bits per heavy atom. The van der Waals surface area contributed by atoms with Crippen molar-refractivity contribution in [3.63, 3.8) is 0 Å². The van der Waals surface area contributed by atoms with E-state index in [2.05, 4.69) is 20.1 Å². The van der Waals surface area contributed by atoms with Crippen LogP contribution in [0.3, 0.4) is 0 Å². The van der Waals surface area contributed by atoms with Crippen LogP contribution in [0, 0.1) is 11.8 Å². The first-order chi connectivity index (χ1) is 18.8. The number of ether oxygens (including phenoxy) is 1. The molecule has 3 heterocycles. The molecule has 1 spiro atoms. The van der Waals surface area contributed by atoms with Gasteiger partial charge in [-0.15, -0.1) is 13.2 Å². The summed E-state index contributed by atoms with van der Waals surface area (Å²) in [6.07, 6.45) is 6.73. The number of benzene rings is 1. The number of aliphatic hydroxyl groups excluding tert-OH is 1. The number of amides is 3. The fourth-order valence-corrected chi connectivity index (χ4v) is 7.17. The lowest BCUT2D eigenvalue weighted by atomic mass is 9.64. The monoisotopic (exact) mass is 537 g/mol. The molecule has 39 heavy (non-hydrogen) atoms. The molecule has 3 fully saturated rings.